The van der Waals surface area contributed by atoms with E-state index in [9.17, 15) is 4.79 Å². The van der Waals surface area contributed by atoms with Gasteiger partial charge in [0, 0.05) is 0 Å². The Morgan fingerprint density at radius 2 is 2.00 bits per heavy atom. The first-order chi connectivity index (χ1) is 4.52. The topological polar surface area (TPSA) is 69.6 Å². The SMILES string of the molecule is CC(C)(CO)NC(=O)CO. The summed E-state index contributed by atoms with van der Waals surface area (Å²) in [6.07, 6.45) is 0. The normalized spacial score (nSPS) is 11.2. The lowest BCUT2D eigenvalue weighted by molar-refractivity contribution is -0.125. The number of aliphatic hydroxyl groups is 2. The third kappa shape index (κ3) is 3.42. The van der Waals surface area contributed by atoms with Crippen molar-refractivity contribution in [1.82, 2.24) is 5.32 Å². The van der Waals surface area contributed by atoms with Crippen molar-refractivity contribution in [3.63, 3.8) is 0 Å². The molecule has 3 N–H and O–H groups in total. The molecule has 0 bridgehead atoms. The van der Waals surface area contributed by atoms with E-state index in [0.717, 1.165) is 0 Å². The summed E-state index contributed by atoms with van der Waals surface area (Å²) in [6.45, 7) is 2.66. The number of nitrogens with one attached hydrogen (secondary N) is 1. The van der Waals surface area contributed by atoms with Crippen LogP contribution in [-0.2, 0) is 4.79 Å². The monoisotopic (exact) mass is 147 g/mol. The van der Waals surface area contributed by atoms with Gasteiger partial charge >= 0.3 is 0 Å². The van der Waals surface area contributed by atoms with E-state index in [0.29, 0.717) is 0 Å². The summed E-state index contributed by atoms with van der Waals surface area (Å²) in [6, 6.07) is 0. The molecule has 0 aromatic heterocycles. The molecule has 0 spiro atoms. The smallest absolute Gasteiger partial charge is 0.246 e. The molecule has 60 valence electrons. The summed E-state index contributed by atoms with van der Waals surface area (Å²) in [5.41, 5.74) is -0.639. The van der Waals surface area contributed by atoms with Crippen molar-refractivity contribution >= 4 is 5.91 Å². The molecule has 0 aliphatic heterocycles. The molecule has 0 aliphatic carbocycles. The zero-order chi connectivity index (χ0) is 8.20. The van der Waals surface area contributed by atoms with Crippen molar-refractivity contribution in [2.45, 2.75) is 19.4 Å². The minimum atomic E-state index is -0.639. The highest BCUT2D eigenvalue weighted by atomic mass is 16.3. The molecule has 0 aromatic carbocycles. The van der Waals surface area contributed by atoms with E-state index in [2.05, 4.69) is 5.32 Å². The summed E-state index contributed by atoms with van der Waals surface area (Å²) in [4.78, 5) is 10.5. The van der Waals surface area contributed by atoms with E-state index in [1.165, 1.54) is 0 Å². The number of carbonyl (C=O) groups is 1. The van der Waals surface area contributed by atoms with Gasteiger partial charge in [-0.2, -0.15) is 0 Å². The van der Waals surface area contributed by atoms with Gasteiger partial charge in [-0.3, -0.25) is 4.79 Å². The van der Waals surface area contributed by atoms with Crippen LogP contribution in [0.1, 0.15) is 13.8 Å². The van der Waals surface area contributed by atoms with Gasteiger partial charge in [0.25, 0.3) is 0 Å². The maximum Gasteiger partial charge on any atom is 0.246 e. The first-order valence-electron chi connectivity index (χ1n) is 3.04. The molecule has 0 heterocycles. The molecule has 0 rings (SSSR count). The van der Waals surface area contributed by atoms with Crippen LogP contribution in [0.4, 0.5) is 0 Å². The van der Waals surface area contributed by atoms with E-state index in [1.54, 1.807) is 13.8 Å². The number of rotatable bonds is 3. The van der Waals surface area contributed by atoms with Crippen LogP contribution in [0.5, 0.6) is 0 Å². The molecule has 0 fully saturated rings. The van der Waals surface area contributed by atoms with Crippen molar-refractivity contribution in [3.05, 3.63) is 0 Å². The van der Waals surface area contributed by atoms with Crippen LogP contribution in [0, 0.1) is 0 Å². The third-order valence-electron chi connectivity index (χ3n) is 1.02. The van der Waals surface area contributed by atoms with Crippen LogP contribution in [0.25, 0.3) is 0 Å². The Balaban J connectivity index is 3.76. The Kier molecular flexibility index (Phi) is 3.32. The molecule has 0 radical (unpaired) electrons. The first kappa shape index (κ1) is 9.39. The number of hydrogen-bond acceptors (Lipinski definition) is 3. The first-order valence-corrected chi connectivity index (χ1v) is 3.04. The van der Waals surface area contributed by atoms with Gasteiger partial charge in [0.15, 0.2) is 0 Å². The van der Waals surface area contributed by atoms with E-state index in [1.807, 2.05) is 0 Å². The van der Waals surface area contributed by atoms with Gasteiger partial charge in [0.2, 0.25) is 5.91 Å². The van der Waals surface area contributed by atoms with Crippen LogP contribution < -0.4 is 5.32 Å². The van der Waals surface area contributed by atoms with E-state index < -0.39 is 18.1 Å². The molecule has 0 saturated heterocycles. The molecule has 4 heteroatoms. The highest BCUT2D eigenvalue weighted by Gasteiger charge is 2.17. The molecule has 0 aromatic rings. The maximum atomic E-state index is 10.5. The number of hydrogen-bond donors (Lipinski definition) is 3. The quantitative estimate of drug-likeness (QED) is 0.473. The van der Waals surface area contributed by atoms with Crippen LogP contribution >= 0.6 is 0 Å². The summed E-state index contributed by atoms with van der Waals surface area (Å²) in [5.74, 6) is -0.473. The third-order valence-corrected chi connectivity index (χ3v) is 1.02. The number of amides is 1. The lowest BCUT2D eigenvalue weighted by Gasteiger charge is -2.22. The standard InChI is InChI=1S/C6H13NO3/c1-6(2,4-9)7-5(10)3-8/h8-9H,3-4H2,1-2H3,(H,7,10). The lowest BCUT2D eigenvalue weighted by Crippen LogP contribution is -2.47. The fourth-order valence-electron chi connectivity index (χ4n) is 0.456. The second-order valence-corrected chi connectivity index (χ2v) is 2.75. The van der Waals surface area contributed by atoms with Crippen molar-refractivity contribution < 1.29 is 15.0 Å². The van der Waals surface area contributed by atoms with Crippen LogP contribution in [0.2, 0.25) is 0 Å². The molecular weight excluding hydrogens is 134 g/mol. The average Bonchev–Trinajstić information content (AvgIpc) is 1.87. The van der Waals surface area contributed by atoms with Crippen molar-refractivity contribution in [1.29, 1.82) is 0 Å². The maximum absolute atomic E-state index is 10.5. The van der Waals surface area contributed by atoms with Crippen molar-refractivity contribution in [2.24, 2.45) is 0 Å². The molecular formula is C6H13NO3. The molecule has 0 aliphatic rings. The largest absolute Gasteiger partial charge is 0.394 e. The predicted molar refractivity (Wildman–Crippen MR) is 36.4 cm³/mol. The summed E-state index contributed by atoms with van der Waals surface area (Å²) < 4.78 is 0. The Bertz CT molecular complexity index is 122. The van der Waals surface area contributed by atoms with E-state index >= 15 is 0 Å². The van der Waals surface area contributed by atoms with E-state index in [-0.39, 0.29) is 6.61 Å². The minimum absolute atomic E-state index is 0.140. The number of aliphatic hydroxyl groups excluding tert-OH is 2. The van der Waals surface area contributed by atoms with Crippen LogP contribution in [0.15, 0.2) is 0 Å². The Morgan fingerprint density at radius 3 is 2.30 bits per heavy atom. The van der Waals surface area contributed by atoms with Gasteiger partial charge in [-0.25, -0.2) is 0 Å². The van der Waals surface area contributed by atoms with Crippen molar-refractivity contribution in [3.8, 4) is 0 Å². The van der Waals surface area contributed by atoms with Gasteiger partial charge in [-0.1, -0.05) is 0 Å². The number of carbonyl (C=O) groups excluding carboxylic acids is 1. The highest BCUT2D eigenvalue weighted by molar-refractivity contribution is 5.77. The molecule has 4 nitrogen and oxygen atoms in total. The second kappa shape index (κ2) is 3.53. The van der Waals surface area contributed by atoms with Gasteiger partial charge in [-0.15, -0.1) is 0 Å². The van der Waals surface area contributed by atoms with Gasteiger partial charge in [0.1, 0.15) is 6.61 Å². The summed E-state index contributed by atoms with van der Waals surface area (Å²) in [5, 5.41) is 19.4. The fourth-order valence-corrected chi connectivity index (χ4v) is 0.456. The van der Waals surface area contributed by atoms with Gasteiger partial charge in [0.05, 0.1) is 12.1 Å². The van der Waals surface area contributed by atoms with Gasteiger partial charge < -0.3 is 15.5 Å². The van der Waals surface area contributed by atoms with Gasteiger partial charge in [-0.05, 0) is 13.8 Å². The summed E-state index contributed by atoms with van der Waals surface area (Å²) in [7, 11) is 0. The molecule has 0 atom stereocenters. The zero-order valence-electron chi connectivity index (χ0n) is 6.22. The van der Waals surface area contributed by atoms with Crippen LogP contribution in [0.3, 0.4) is 0 Å². The van der Waals surface area contributed by atoms with Crippen LogP contribution in [-0.4, -0.2) is 34.9 Å². The summed E-state index contributed by atoms with van der Waals surface area (Å²) >= 11 is 0. The predicted octanol–water partition coefficient (Wildman–Crippen LogP) is -1.13. The van der Waals surface area contributed by atoms with E-state index in [4.69, 9.17) is 10.2 Å². The Hall–Kier alpha value is -0.610. The lowest BCUT2D eigenvalue weighted by atomic mass is 10.1. The Morgan fingerprint density at radius 1 is 1.50 bits per heavy atom. The fraction of sp³-hybridized carbons (Fsp3) is 0.833. The second-order valence-electron chi connectivity index (χ2n) is 2.75. The highest BCUT2D eigenvalue weighted by Crippen LogP contribution is 1.98. The minimum Gasteiger partial charge on any atom is -0.394 e. The van der Waals surface area contributed by atoms with Crippen molar-refractivity contribution in [2.75, 3.05) is 13.2 Å². The Labute approximate surface area is 59.9 Å². The molecule has 10 heavy (non-hydrogen) atoms. The molecule has 0 unspecified atom stereocenters. The molecule has 0 saturated carbocycles. The average molecular weight is 147 g/mol. The molecule has 1 amide bonds. The zero-order valence-corrected chi connectivity index (χ0v) is 6.22.